The molecule has 0 bridgehead atoms. The van der Waals surface area contributed by atoms with Gasteiger partial charge < -0.3 is 10.2 Å². The van der Waals surface area contributed by atoms with Gasteiger partial charge >= 0.3 is 0 Å². The molecule has 0 atom stereocenters. The molecule has 4 nitrogen and oxygen atoms in total. The van der Waals surface area contributed by atoms with E-state index in [0.717, 1.165) is 57.2 Å². The van der Waals surface area contributed by atoms with Crippen molar-refractivity contribution < 1.29 is 14.0 Å². The van der Waals surface area contributed by atoms with Crippen molar-refractivity contribution in [2.75, 3.05) is 19.6 Å². The first-order valence-corrected chi connectivity index (χ1v) is 10.4. The number of rotatable bonds is 9. The minimum absolute atomic E-state index is 0.00747. The lowest BCUT2D eigenvalue weighted by Gasteiger charge is -2.31. The smallest absolute Gasteiger partial charge is 0.225 e. The van der Waals surface area contributed by atoms with E-state index in [9.17, 15) is 14.0 Å². The molecule has 1 aromatic carbocycles. The van der Waals surface area contributed by atoms with E-state index in [1.54, 1.807) is 12.1 Å². The number of nitrogens with one attached hydrogen (secondary N) is 1. The summed E-state index contributed by atoms with van der Waals surface area (Å²) in [6.07, 6.45) is 5.84. The van der Waals surface area contributed by atoms with E-state index in [0.29, 0.717) is 13.0 Å². The monoisotopic (exact) mass is 376 g/mol. The molecule has 27 heavy (non-hydrogen) atoms. The summed E-state index contributed by atoms with van der Waals surface area (Å²) in [5.74, 6) is 0.195. The van der Waals surface area contributed by atoms with Crippen molar-refractivity contribution in [1.82, 2.24) is 10.2 Å². The van der Waals surface area contributed by atoms with Crippen molar-refractivity contribution in [1.29, 1.82) is 0 Å². The number of hydrogen-bond donors (Lipinski definition) is 1. The highest BCUT2D eigenvalue weighted by Gasteiger charge is 2.31. The van der Waals surface area contributed by atoms with Crippen molar-refractivity contribution in [3.63, 3.8) is 0 Å². The third kappa shape index (κ3) is 6.64. The second-order valence-corrected chi connectivity index (χ2v) is 7.54. The van der Waals surface area contributed by atoms with Gasteiger partial charge in [-0.1, -0.05) is 26.0 Å². The first-order valence-electron chi connectivity index (χ1n) is 10.4. The van der Waals surface area contributed by atoms with Crippen molar-refractivity contribution in [3.05, 3.63) is 35.6 Å². The minimum atomic E-state index is -0.245. The molecule has 5 heteroatoms. The molecule has 2 amide bonds. The maximum absolute atomic E-state index is 12.9. The zero-order valence-electron chi connectivity index (χ0n) is 16.7. The Bertz CT molecular complexity index is 589. The van der Waals surface area contributed by atoms with Crippen molar-refractivity contribution >= 4 is 11.8 Å². The zero-order chi connectivity index (χ0) is 19.6. The Kier molecular flexibility index (Phi) is 8.76. The molecule has 0 unspecified atom stereocenters. The fraction of sp³-hybridized carbons (Fsp3) is 0.636. The van der Waals surface area contributed by atoms with Crippen LogP contribution >= 0.6 is 0 Å². The Hall–Kier alpha value is -1.91. The Balaban J connectivity index is 1.73. The van der Waals surface area contributed by atoms with E-state index < -0.39 is 0 Å². The average Bonchev–Trinajstić information content (AvgIpc) is 2.69. The Morgan fingerprint density at radius 3 is 2.11 bits per heavy atom. The lowest BCUT2D eigenvalue weighted by atomic mass is 9.81. The van der Waals surface area contributed by atoms with Crippen LogP contribution in [0.25, 0.3) is 0 Å². The van der Waals surface area contributed by atoms with Gasteiger partial charge in [0, 0.05) is 31.5 Å². The maximum Gasteiger partial charge on any atom is 0.225 e. The fourth-order valence-corrected chi connectivity index (χ4v) is 3.86. The first kappa shape index (κ1) is 21.4. The number of nitrogens with zero attached hydrogens (tertiary/aromatic N) is 1. The lowest BCUT2D eigenvalue weighted by molar-refractivity contribution is -0.138. The van der Waals surface area contributed by atoms with E-state index in [1.165, 1.54) is 12.1 Å². The van der Waals surface area contributed by atoms with Crippen LogP contribution < -0.4 is 5.32 Å². The third-order valence-corrected chi connectivity index (χ3v) is 5.37. The summed E-state index contributed by atoms with van der Waals surface area (Å²) in [5.41, 5.74) is 1.01. The van der Waals surface area contributed by atoms with E-state index in [-0.39, 0.29) is 29.5 Å². The maximum atomic E-state index is 12.9. The van der Waals surface area contributed by atoms with Gasteiger partial charge in [0.25, 0.3) is 0 Å². The van der Waals surface area contributed by atoms with Gasteiger partial charge in [-0.2, -0.15) is 0 Å². The molecule has 1 saturated carbocycles. The van der Waals surface area contributed by atoms with Gasteiger partial charge in [-0.05, 0) is 62.6 Å². The second-order valence-electron chi connectivity index (χ2n) is 7.54. The van der Waals surface area contributed by atoms with Gasteiger partial charge in [-0.25, -0.2) is 4.39 Å². The van der Waals surface area contributed by atoms with Crippen molar-refractivity contribution in [2.24, 2.45) is 11.8 Å². The minimum Gasteiger partial charge on any atom is -0.356 e. The van der Waals surface area contributed by atoms with Gasteiger partial charge in [0.1, 0.15) is 5.82 Å². The molecule has 0 saturated heterocycles. The molecule has 1 aliphatic carbocycles. The highest BCUT2D eigenvalue weighted by atomic mass is 19.1. The summed E-state index contributed by atoms with van der Waals surface area (Å²) < 4.78 is 12.9. The third-order valence-electron chi connectivity index (χ3n) is 5.37. The Morgan fingerprint density at radius 1 is 1.00 bits per heavy atom. The summed E-state index contributed by atoms with van der Waals surface area (Å²) >= 11 is 0. The number of carbonyl (C=O) groups is 2. The number of hydrogen-bond acceptors (Lipinski definition) is 2. The van der Waals surface area contributed by atoms with E-state index in [1.807, 2.05) is 4.90 Å². The largest absolute Gasteiger partial charge is 0.356 e. The van der Waals surface area contributed by atoms with Crippen molar-refractivity contribution in [2.45, 2.75) is 58.8 Å². The summed E-state index contributed by atoms with van der Waals surface area (Å²) in [5, 5.41) is 2.99. The number of benzene rings is 1. The summed E-state index contributed by atoms with van der Waals surface area (Å²) in [6.45, 7) is 6.42. The standard InChI is InChI=1S/C22H33FN2O2/c1-3-15-25(16-4-2)22(27)19-9-7-18(8-10-19)21(26)24-14-13-17-5-11-20(23)12-6-17/h5-6,11-12,18-19H,3-4,7-10,13-16H2,1-2H3,(H,24,26). The molecule has 0 spiro atoms. The number of amides is 2. The summed E-state index contributed by atoms with van der Waals surface area (Å²) in [7, 11) is 0. The fourth-order valence-electron chi connectivity index (χ4n) is 3.86. The van der Waals surface area contributed by atoms with Crippen LogP contribution in [0.5, 0.6) is 0 Å². The predicted molar refractivity (Wildman–Crippen MR) is 106 cm³/mol. The summed E-state index contributed by atoms with van der Waals surface area (Å²) in [6, 6.07) is 6.37. The Morgan fingerprint density at radius 2 is 1.56 bits per heavy atom. The molecule has 150 valence electrons. The second kappa shape index (κ2) is 11.1. The molecule has 2 rings (SSSR count). The molecular weight excluding hydrogens is 343 g/mol. The van der Waals surface area contributed by atoms with Gasteiger partial charge in [-0.3, -0.25) is 9.59 Å². The number of halogens is 1. The van der Waals surface area contributed by atoms with Gasteiger partial charge in [0.15, 0.2) is 0 Å². The van der Waals surface area contributed by atoms with E-state index in [2.05, 4.69) is 19.2 Å². The van der Waals surface area contributed by atoms with Crippen LogP contribution in [0.15, 0.2) is 24.3 Å². The zero-order valence-corrected chi connectivity index (χ0v) is 16.7. The van der Waals surface area contributed by atoms with Crippen LogP contribution in [0, 0.1) is 17.7 Å². The molecule has 1 aromatic rings. The van der Waals surface area contributed by atoms with Crippen LogP contribution in [0.3, 0.4) is 0 Å². The number of carbonyl (C=O) groups excluding carboxylic acids is 2. The van der Waals surface area contributed by atoms with Gasteiger partial charge in [0.05, 0.1) is 0 Å². The highest BCUT2D eigenvalue weighted by molar-refractivity contribution is 5.81. The highest BCUT2D eigenvalue weighted by Crippen LogP contribution is 2.30. The molecule has 0 aliphatic heterocycles. The lowest BCUT2D eigenvalue weighted by Crippen LogP contribution is -2.40. The molecule has 1 aliphatic rings. The molecule has 0 radical (unpaired) electrons. The van der Waals surface area contributed by atoms with E-state index in [4.69, 9.17) is 0 Å². The van der Waals surface area contributed by atoms with Crippen LogP contribution in [0.1, 0.15) is 57.9 Å². The van der Waals surface area contributed by atoms with Crippen LogP contribution in [0.4, 0.5) is 4.39 Å². The normalized spacial score (nSPS) is 19.5. The predicted octanol–water partition coefficient (Wildman–Crippen LogP) is 3.94. The molecule has 0 aromatic heterocycles. The van der Waals surface area contributed by atoms with Gasteiger partial charge in [-0.15, -0.1) is 0 Å². The quantitative estimate of drug-likeness (QED) is 0.710. The average molecular weight is 377 g/mol. The molecular formula is C22H33FN2O2. The topological polar surface area (TPSA) is 49.4 Å². The van der Waals surface area contributed by atoms with Crippen LogP contribution in [-0.2, 0) is 16.0 Å². The molecule has 1 N–H and O–H groups in total. The summed E-state index contributed by atoms with van der Waals surface area (Å²) in [4.78, 5) is 27.1. The van der Waals surface area contributed by atoms with Crippen LogP contribution in [0.2, 0.25) is 0 Å². The van der Waals surface area contributed by atoms with Crippen LogP contribution in [-0.4, -0.2) is 36.3 Å². The molecule has 1 fully saturated rings. The van der Waals surface area contributed by atoms with Crippen molar-refractivity contribution in [3.8, 4) is 0 Å². The Labute approximate surface area is 162 Å². The SMILES string of the molecule is CCCN(CCC)C(=O)C1CCC(C(=O)NCCc2ccc(F)cc2)CC1. The van der Waals surface area contributed by atoms with E-state index >= 15 is 0 Å². The van der Waals surface area contributed by atoms with Gasteiger partial charge in [0.2, 0.25) is 11.8 Å². The molecule has 0 heterocycles. The first-order chi connectivity index (χ1) is 13.0.